The lowest BCUT2D eigenvalue weighted by molar-refractivity contribution is 0.242. The molecule has 1 atom stereocenters. The normalized spacial score (nSPS) is 23.3. The molecule has 0 unspecified atom stereocenters. The van der Waals surface area contributed by atoms with Gasteiger partial charge in [0.15, 0.2) is 0 Å². The van der Waals surface area contributed by atoms with Crippen LogP contribution in [0.25, 0.3) is 0 Å². The zero-order valence-electron chi connectivity index (χ0n) is 11.3. The average molecular weight is 247 g/mol. The molecule has 1 aliphatic heterocycles. The van der Waals surface area contributed by atoms with E-state index in [0.29, 0.717) is 0 Å². The van der Waals surface area contributed by atoms with Crippen LogP contribution in [0.5, 0.6) is 0 Å². The zero-order chi connectivity index (χ0) is 13.2. The molecule has 0 aromatic heterocycles. The molecule has 4 heteroatoms. The van der Waals surface area contributed by atoms with Crippen molar-refractivity contribution >= 4 is 11.7 Å². The highest BCUT2D eigenvalue weighted by molar-refractivity contribution is 5.93. The van der Waals surface area contributed by atoms with Gasteiger partial charge in [0.2, 0.25) is 0 Å². The van der Waals surface area contributed by atoms with E-state index in [4.69, 9.17) is 0 Å². The predicted molar refractivity (Wildman–Crippen MR) is 73.3 cm³/mol. The highest BCUT2D eigenvalue weighted by Crippen LogP contribution is 2.24. The second-order valence-electron chi connectivity index (χ2n) is 4.90. The number of nitrogens with one attached hydrogen (secondary N) is 2. The highest BCUT2D eigenvalue weighted by Gasteiger charge is 2.40. The SMILES string of the molecule is CCC[C@@]1(CC)NC(=O)N(c2cccc(C)c2)N1. The number of aryl methyl sites for hydroxylation is 1. The number of urea groups is 1. The first kappa shape index (κ1) is 12.9. The summed E-state index contributed by atoms with van der Waals surface area (Å²) in [7, 11) is 0. The van der Waals surface area contributed by atoms with Gasteiger partial charge >= 0.3 is 6.03 Å². The molecule has 2 amide bonds. The lowest BCUT2D eigenvalue weighted by Crippen LogP contribution is -2.50. The molecule has 1 aliphatic rings. The average Bonchev–Trinajstić information content (AvgIpc) is 2.68. The Bertz CT molecular complexity index is 446. The molecule has 1 aromatic carbocycles. The summed E-state index contributed by atoms with van der Waals surface area (Å²) < 4.78 is 0. The van der Waals surface area contributed by atoms with Crippen LogP contribution in [0, 0.1) is 6.92 Å². The Morgan fingerprint density at radius 3 is 2.72 bits per heavy atom. The summed E-state index contributed by atoms with van der Waals surface area (Å²) in [5.41, 5.74) is 5.06. The third kappa shape index (κ3) is 2.34. The van der Waals surface area contributed by atoms with Gasteiger partial charge in [-0.3, -0.25) is 0 Å². The Kier molecular flexibility index (Phi) is 3.57. The van der Waals surface area contributed by atoms with Gasteiger partial charge in [-0.2, -0.15) is 0 Å². The summed E-state index contributed by atoms with van der Waals surface area (Å²) in [6.45, 7) is 6.24. The summed E-state index contributed by atoms with van der Waals surface area (Å²) in [6.07, 6.45) is 2.83. The number of carbonyl (C=O) groups is 1. The first-order valence-electron chi connectivity index (χ1n) is 6.57. The number of carbonyl (C=O) groups excluding carboxylic acids is 1. The van der Waals surface area contributed by atoms with Crippen molar-refractivity contribution in [3.63, 3.8) is 0 Å². The zero-order valence-corrected chi connectivity index (χ0v) is 11.3. The van der Waals surface area contributed by atoms with Crippen LogP contribution in [0.3, 0.4) is 0 Å². The molecule has 4 nitrogen and oxygen atoms in total. The third-order valence-corrected chi connectivity index (χ3v) is 3.42. The molecule has 1 heterocycles. The van der Waals surface area contributed by atoms with Crippen LogP contribution in [-0.4, -0.2) is 11.7 Å². The van der Waals surface area contributed by atoms with Gasteiger partial charge in [0, 0.05) is 0 Å². The van der Waals surface area contributed by atoms with Crippen LogP contribution in [-0.2, 0) is 0 Å². The van der Waals surface area contributed by atoms with Gasteiger partial charge in [-0.15, -0.1) is 0 Å². The maximum Gasteiger partial charge on any atom is 0.338 e. The van der Waals surface area contributed by atoms with Crippen molar-refractivity contribution in [1.29, 1.82) is 0 Å². The van der Waals surface area contributed by atoms with E-state index < -0.39 is 0 Å². The summed E-state index contributed by atoms with van der Waals surface area (Å²) >= 11 is 0. The van der Waals surface area contributed by atoms with Crippen LogP contribution in [0.4, 0.5) is 10.5 Å². The van der Waals surface area contributed by atoms with Gasteiger partial charge < -0.3 is 5.32 Å². The fourth-order valence-electron chi connectivity index (χ4n) is 2.39. The van der Waals surface area contributed by atoms with E-state index in [-0.39, 0.29) is 11.7 Å². The van der Waals surface area contributed by atoms with E-state index >= 15 is 0 Å². The molecule has 0 bridgehead atoms. The van der Waals surface area contributed by atoms with Crippen molar-refractivity contribution in [2.75, 3.05) is 5.01 Å². The molecular formula is C14H21N3O. The molecule has 0 aliphatic carbocycles. The number of benzene rings is 1. The van der Waals surface area contributed by atoms with Crippen LogP contribution in [0.2, 0.25) is 0 Å². The first-order chi connectivity index (χ1) is 8.60. The highest BCUT2D eigenvalue weighted by atomic mass is 16.2. The van der Waals surface area contributed by atoms with Gasteiger partial charge in [0.25, 0.3) is 0 Å². The fourth-order valence-corrected chi connectivity index (χ4v) is 2.39. The molecule has 1 aromatic rings. The van der Waals surface area contributed by atoms with Crippen LogP contribution < -0.4 is 15.8 Å². The predicted octanol–water partition coefficient (Wildman–Crippen LogP) is 2.94. The lowest BCUT2D eigenvalue weighted by atomic mass is 10.0. The maximum absolute atomic E-state index is 12.1. The van der Waals surface area contributed by atoms with Crippen molar-refractivity contribution in [2.45, 2.75) is 45.7 Å². The third-order valence-electron chi connectivity index (χ3n) is 3.42. The number of nitrogens with zero attached hydrogens (tertiary/aromatic N) is 1. The van der Waals surface area contributed by atoms with E-state index in [2.05, 4.69) is 24.6 Å². The smallest absolute Gasteiger partial charge is 0.317 e. The molecule has 1 fully saturated rings. The van der Waals surface area contributed by atoms with E-state index in [1.165, 1.54) is 0 Å². The summed E-state index contributed by atoms with van der Waals surface area (Å²) in [5.74, 6) is 0. The van der Waals surface area contributed by atoms with Crippen molar-refractivity contribution < 1.29 is 4.79 Å². The summed E-state index contributed by atoms with van der Waals surface area (Å²) in [6, 6.07) is 7.86. The molecule has 0 radical (unpaired) electrons. The largest absolute Gasteiger partial charge is 0.338 e. The molecule has 2 N–H and O–H groups in total. The Morgan fingerprint density at radius 2 is 2.11 bits per heavy atom. The van der Waals surface area contributed by atoms with E-state index in [9.17, 15) is 4.79 Å². The molecular weight excluding hydrogens is 226 g/mol. The molecule has 2 rings (SSSR count). The van der Waals surface area contributed by atoms with Gasteiger partial charge in [-0.25, -0.2) is 15.2 Å². The van der Waals surface area contributed by atoms with Crippen LogP contribution in [0.15, 0.2) is 24.3 Å². The molecule has 18 heavy (non-hydrogen) atoms. The molecule has 98 valence electrons. The fraction of sp³-hybridized carbons (Fsp3) is 0.500. The number of hydrogen-bond donors (Lipinski definition) is 2. The second kappa shape index (κ2) is 4.98. The monoisotopic (exact) mass is 247 g/mol. The Hall–Kier alpha value is -1.55. The molecule has 1 saturated heterocycles. The Labute approximate surface area is 108 Å². The summed E-state index contributed by atoms with van der Waals surface area (Å²) in [5, 5.41) is 4.68. The number of rotatable bonds is 4. The van der Waals surface area contributed by atoms with E-state index in [0.717, 1.165) is 30.5 Å². The van der Waals surface area contributed by atoms with Gasteiger partial charge in [-0.1, -0.05) is 32.4 Å². The van der Waals surface area contributed by atoms with E-state index in [1.807, 2.05) is 31.2 Å². The summed E-state index contributed by atoms with van der Waals surface area (Å²) in [4.78, 5) is 12.1. The maximum atomic E-state index is 12.1. The standard InChI is InChI=1S/C14H21N3O/c1-4-9-14(5-2)15-13(18)17(16-14)12-8-6-7-11(3)10-12/h6-8,10,16H,4-5,9H2,1-3H3,(H,15,18)/t14-/m0/s1. The number of hydrogen-bond acceptors (Lipinski definition) is 2. The van der Waals surface area contributed by atoms with E-state index in [1.54, 1.807) is 5.01 Å². The van der Waals surface area contributed by atoms with Gasteiger partial charge in [-0.05, 0) is 37.5 Å². The van der Waals surface area contributed by atoms with Crippen molar-refractivity contribution in [1.82, 2.24) is 10.7 Å². The minimum Gasteiger partial charge on any atom is -0.317 e. The minimum atomic E-state index is -0.296. The Balaban J connectivity index is 2.23. The first-order valence-corrected chi connectivity index (χ1v) is 6.57. The topological polar surface area (TPSA) is 44.4 Å². The quantitative estimate of drug-likeness (QED) is 0.859. The second-order valence-corrected chi connectivity index (χ2v) is 4.90. The van der Waals surface area contributed by atoms with Gasteiger partial charge in [0.05, 0.1) is 5.69 Å². The minimum absolute atomic E-state index is 0.0732. The van der Waals surface area contributed by atoms with Crippen molar-refractivity contribution in [2.24, 2.45) is 0 Å². The van der Waals surface area contributed by atoms with Gasteiger partial charge in [0.1, 0.15) is 5.66 Å². The number of anilines is 1. The van der Waals surface area contributed by atoms with Crippen LogP contribution in [0.1, 0.15) is 38.7 Å². The number of amides is 2. The molecule has 0 saturated carbocycles. The molecule has 0 spiro atoms. The van der Waals surface area contributed by atoms with Crippen molar-refractivity contribution in [3.05, 3.63) is 29.8 Å². The number of hydrazine groups is 1. The Morgan fingerprint density at radius 1 is 1.33 bits per heavy atom. The van der Waals surface area contributed by atoms with Crippen molar-refractivity contribution in [3.8, 4) is 0 Å². The van der Waals surface area contributed by atoms with Crippen LogP contribution >= 0.6 is 0 Å². The lowest BCUT2D eigenvalue weighted by Gasteiger charge is -2.27.